The van der Waals surface area contributed by atoms with E-state index in [-0.39, 0.29) is 23.6 Å². The van der Waals surface area contributed by atoms with Crippen LogP contribution in [0.2, 0.25) is 0 Å². The predicted octanol–water partition coefficient (Wildman–Crippen LogP) is 3.11. The number of hydrogen-bond donors (Lipinski definition) is 0. The fourth-order valence-corrected chi connectivity index (χ4v) is 3.45. The van der Waals surface area contributed by atoms with Crippen molar-refractivity contribution in [1.29, 1.82) is 0 Å². The zero-order chi connectivity index (χ0) is 17.9. The molecule has 1 aliphatic heterocycles. The van der Waals surface area contributed by atoms with Crippen LogP contribution >= 0.6 is 11.8 Å². The van der Waals surface area contributed by atoms with Gasteiger partial charge in [0.1, 0.15) is 0 Å². The maximum atomic E-state index is 12.8. The van der Waals surface area contributed by atoms with Crippen LogP contribution in [-0.2, 0) is 9.59 Å². The van der Waals surface area contributed by atoms with Crippen molar-refractivity contribution in [2.75, 3.05) is 20.8 Å². The third-order valence-electron chi connectivity index (χ3n) is 3.46. The number of hydrogen-bond acceptors (Lipinski definition) is 5. The Morgan fingerprint density at radius 3 is 2.38 bits per heavy atom. The average molecular weight is 347 g/mol. The SMILES string of the molecule is C=CCN1C(=O)C(SC(C)C)=C(c2ccc(OC)c(OC)c2)C1=O. The van der Waals surface area contributed by atoms with Crippen LogP contribution in [0.5, 0.6) is 11.5 Å². The summed E-state index contributed by atoms with van der Waals surface area (Å²) in [6, 6.07) is 5.21. The second-order valence-electron chi connectivity index (χ2n) is 5.45. The zero-order valence-electron chi connectivity index (χ0n) is 14.3. The van der Waals surface area contributed by atoms with Gasteiger partial charge in [-0.05, 0) is 17.7 Å². The van der Waals surface area contributed by atoms with Crippen LogP contribution < -0.4 is 9.47 Å². The minimum absolute atomic E-state index is 0.176. The number of rotatable bonds is 7. The van der Waals surface area contributed by atoms with Crippen molar-refractivity contribution in [3.63, 3.8) is 0 Å². The van der Waals surface area contributed by atoms with Crippen molar-refractivity contribution < 1.29 is 19.1 Å². The molecule has 24 heavy (non-hydrogen) atoms. The average Bonchev–Trinajstić information content (AvgIpc) is 2.78. The summed E-state index contributed by atoms with van der Waals surface area (Å²) < 4.78 is 10.5. The fourth-order valence-electron chi connectivity index (χ4n) is 2.44. The zero-order valence-corrected chi connectivity index (χ0v) is 15.1. The number of ether oxygens (including phenoxy) is 2. The van der Waals surface area contributed by atoms with E-state index in [9.17, 15) is 9.59 Å². The second kappa shape index (κ2) is 7.57. The van der Waals surface area contributed by atoms with Crippen molar-refractivity contribution in [1.82, 2.24) is 4.90 Å². The maximum absolute atomic E-state index is 12.8. The molecule has 0 unspecified atom stereocenters. The summed E-state index contributed by atoms with van der Waals surface area (Å²) in [5.74, 6) is 0.497. The van der Waals surface area contributed by atoms with E-state index in [4.69, 9.17) is 9.47 Å². The van der Waals surface area contributed by atoms with E-state index in [0.717, 1.165) is 0 Å². The molecule has 0 spiro atoms. The van der Waals surface area contributed by atoms with Gasteiger partial charge < -0.3 is 9.47 Å². The van der Waals surface area contributed by atoms with Crippen LogP contribution in [0, 0.1) is 0 Å². The number of carbonyl (C=O) groups is 2. The first-order chi connectivity index (χ1) is 11.4. The summed E-state index contributed by atoms with van der Waals surface area (Å²) in [6.45, 7) is 7.78. The minimum atomic E-state index is -0.310. The van der Waals surface area contributed by atoms with Crippen LogP contribution in [0.4, 0.5) is 0 Å². The lowest BCUT2D eigenvalue weighted by molar-refractivity contribution is -0.135. The third kappa shape index (κ3) is 3.33. The molecule has 0 radical (unpaired) electrons. The number of amides is 2. The van der Waals surface area contributed by atoms with Crippen LogP contribution in [0.3, 0.4) is 0 Å². The Bertz CT molecular complexity index is 709. The highest BCUT2D eigenvalue weighted by atomic mass is 32.2. The lowest BCUT2D eigenvalue weighted by atomic mass is 10.1. The van der Waals surface area contributed by atoms with E-state index in [0.29, 0.717) is 27.5 Å². The van der Waals surface area contributed by atoms with E-state index in [1.165, 1.54) is 23.8 Å². The number of imide groups is 1. The summed E-state index contributed by atoms with van der Waals surface area (Å²) in [5.41, 5.74) is 1.04. The molecule has 0 atom stereocenters. The van der Waals surface area contributed by atoms with Crippen LogP contribution in [-0.4, -0.2) is 42.7 Å². The highest BCUT2D eigenvalue weighted by molar-refractivity contribution is 8.04. The molecule has 6 heteroatoms. The monoisotopic (exact) mass is 347 g/mol. The smallest absolute Gasteiger partial charge is 0.268 e. The molecule has 1 heterocycles. The Kier molecular flexibility index (Phi) is 5.72. The molecule has 1 aromatic carbocycles. The van der Waals surface area contributed by atoms with Crippen LogP contribution in [0.15, 0.2) is 35.8 Å². The van der Waals surface area contributed by atoms with Crippen LogP contribution in [0.1, 0.15) is 19.4 Å². The number of thioether (sulfide) groups is 1. The van der Waals surface area contributed by atoms with E-state index in [2.05, 4.69) is 6.58 Å². The molecule has 2 rings (SSSR count). The van der Waals surface area contributed by atoms with Gasteiger partial charge in [0.25, 0.3) is 11.8 Å². The van der Waals surface area contributed by atoms with Crippen LogP contribution in [0.25, 0.3) is 5.57 Å². The van der Waals surface area contributed by atoms with Gasteiger partial charge in [-0.2, -0.15) is 0 Å². The summed E-state index contributed by atoms with van der Waals surface area (Å²) in [5, 5.41) is 0.176. The predicted molar refractivity (Wildman–Crippen MR) is 96.1 cm³/mol. The van der Waals surface area contributed by atoms with Crippen molar-refractivity contribution in [2.24, 2.45) is 0 Å². The van der Waals surface area contributed by atoms with E-state index < -0.39 is 0 Å². The van der Waals surface area contributed by atoms with Gasteiger partial charge in [0, 0.05) is 11.8 Å². The molecule has 1 aliphatic rings. The Hall–Kier alpha value is -2.21. The topological polar surface area (TPSA) is 55.8 Å². The Morgan fingerprint density at radius 2 is 1.83 bits per heavy atom. The molecule has 0 N–H and O–H groups in total. The number of carbonyl (C=O) groups excluding carboxylic acids is 2. The summed E-state index contributed by atoms with van der Waals surface area (Å²) in [7, 11) is 3.08. The van der Waals surface area contributed by atoms with Crippen molar-refractivity contribution in [3.8, 4) is 11.5 Å². The lowest BCUT2D eigenvalue weighted by Gasteiger charge is -2.13. The molecule has 0 saturated heterocycles. The summed E-state index contributed by atoms with van der Waals surface area (Å²) in [4.78, 5) is 27.1. The summed E-state index contributed by atoms with van der Waals surface area (Å²) >= 11 is 1.39. The van der Waals surface area contributed by atoms with E-state index in [1.807, 2.05) is 13.8 Å². The van der Waals surface area contributed by atoms with Gasteiger partial charge in [0.05, 0.1) is 24.7 Å². The largest absolute Gasteiger partial charge is 0.493 e. The maximum Gasteiger partial charge on any atom is 0.268 e. The lowest BCUT2D eigenvalue weighted by Crippen LogP contribution is -2.31. The van der Waals surface area contributed by atoms with Gasteiger partial charge in [-0.3, -0.25) is 14.5 Å². The molecular weight excluding hydrogens is 326 g/mol. The molecule has 0 bridgehead atoms. The van der Waals surface area contributed by atoms with Gasteiger partial charge in [0.2, 0.25) is 0 Å². The molecular formula is C18H21NO4S. The standard InChI is InChI=1S/C18H21NO4S/c1-6-9-19-17(20)15(16(18(19)21)24-11(2)3)12-7-8-13(22-4)14(10-12)23-5/h6-8,10-11H,1,9H2,2-5H3. The molecule has 0 aromatic heterocycles. The molecule has 0 aliphatic carbocycles. The first-order valence-corrected chi connectivity index (χ1v) is 8.43. The van der Waals surface area contributed by atoms with Crippen molar-refractivity contribution in [2.45, 2.75) is 19.1 Å². The molecule has 1 aromatic rings. The Balaban J connectivity index is 2.57. The normalized spacial score (nSPS) is 14.6. The van der Waals surface area contributed by atoms with E-state index >= 15 is 0 Å². The van der Waals surface area contributed by atoms with E-state index in [1.54, 1.807) is 31.4 Å². The molecule has 0 saturated carbocycles. The Morgan fingerprint density at radius 1 is 1.17 bits per heavy atom. The fraction of sp³-hybridized carbons (Fsp3) is 0.333. The highest BCUT2D eigenvalue weighted by Gasteiger charge is 2.39. The van der Waals surface area contributed by atoms with Crippen molar-refractivity contribution >= 4 is 29.1 Å². The van der Waals surface area contributed by atoms with Gasteiger partial charge in [-0.1, -0.05) is 26.0 Å². The first kappa shape index (κ1) is 18.1. The number of nitrogens with zero attached hydrogens (tertiary/aromatic N) is 1. The molecule has 0 fully saturated rings. The first-order valence-electron chi connectivity index (χ1n) is 7.55. The highest BCUT2D eigenvalue weighted by Crippen LogP contribution is 2.40. The van der Waals surface area contributed by atoms with Gasteiger partial charge in [0.15, 0.2) is 11.5 Å². The third-order valence-corrected chi connectivity index (χ3v) is 4.55. The quantitative estimate of drug-likeness (QED) is 0.560. The summed E-state index contributed by atoms with van der Waals surface area (Å²) in [6.07, 6.45) is 1.55. The van der Waals surface area contributed by atoms with Gasteiger partial charge in [-0.15, -0.1) is 18.3 Å². The number of benzene rings is 1. The minimum Gasteiger partial charge on any atom is -0.493 e. The van der Waals surface area contributed by atoms with Crippen molar-refractivity contribution in [3.05, 3.63) is 41.3 Å². The molecule has 128 valence electrons. The molecule has 5 nitrogen and oxygen atoms in total. The second-order valence-corrected chi connectivity index (χ2v) is 7.04. The Labute approximate surface area is 146 Å². The van der Waals surface area contributed by atoms with Gasteiger partial charge >= 0.3 is 0 Å². The molecule has 2 amide bonds. The van der Waals surface area contributed by atoms with Gasteiger partial charge in [-0.25, -0.2) is 0 Å². The number of methoxy groups -OCH3 is 2.